The van der Waals surface area contributed by atoms with E-state index in [1.165, 1.54) is 13.8 Å². The third-order valence-electron chi connectivity index (χ3n) is 2.96. The Hall–Kier alpha value is -1.83. The van der Waals surface area contributed by atoms with Crippen LogP contribution in [0.1, 0.15) is 13.8 Å². The number of urea groups is 1. The molecule has 1 aliphatic heterocycles. The van der Waals surface area contributed by atoms with Crippen LogP contribution in [-0.4, -0.2) is 17.8 Å². The van der Waals surface area contributed by atoms with Gasteiger partial charge in [-0.05, 0) is 35.8 Å². The molecule has 0 radical (unpaired) electrons. The normalized spacial score (nSPS) is 18.2. The monoisotopic (exact) mass is 346 g/mol. The van der Waals surface area contributed by atoms with Crippen LogP contribution in [0.2, 0.25) is 0 Å². The third kappa shape index (κ3) is 2.09. The summed E-state index contributed by atoms with van der Waals surface area (Å²) >= 11 is 2.85. The topological polar surface area (TPSA) is 66.5 Å². The highest BCUT2D eigenvalue weighted by Crippen LogP contribution is 2.32. The van der Waals surface area contributed by atoms with Gasteiger partial charge in [-0.15, -0.1) is 0 Å². The molecular weight excluding hydrogens is 338 g/mol. The summed E-state index contributed by atoms with van der Waals surface area (Å²) in [5.41, 5.74) is -1.96. The zero-order valence-electron chi connectivity index (χ0n) is 10.5. The fourth-order valence-corrected chi connectivity index (χ4v) is 2.01. The number of hydrogen-bond acceptors (Lipinski definition) is 3. The van der Waals surface area contributed by atoms with E-state index in [1.807, 2.05) is 5.32 Å². The summed E-state index contributed by atoms with van der Waals surface area (Å²) in [7, 11) is 0. The highest BCUT2D eigenvalue weighted by Gasteiger charge is 2.48. The smallest absolute Gasteiger partial charge is 0.276 e. The number of carbonyl (C=O) groups is 3. The Kier molecular flexibility index (Phi) is 3.37. The van der Waals surface area contributed by atoms with E-state index >= 15 is 0 Å². The molecule has 1 saturated heterocycles. The van der Waals surface area contributed by atoms with Gasteiger partial charge in [0.25, 0.3) is 0 Å². The number of amides is 4. The lowest BCUT2D eigenvalue weighted by atomic mass is 9.88. The first-order chi connectivity index (χ1) is 9.16. The second kappa shape index (κ2) is 4.62. The lowest BCUT2D eigenvalue weighted by Crippen LogP contribution is -2.62. The van der Waals surface area contributed by atoms with Gasteiger partial charge in [0.2, 0.25) is 11.8 Å². The SMILES string of the molecule is CC1(C)C(=O)NC(=O)N(c2cc(Br)c(F)cc2F)C1=O. The fraction of sp³-hybridized carbons (Fsp3) is 0.250. The van der Waals surface area contributed by atoms with Crippen LogP contribution in [0.15, 0.2) is 16.6 Å². The Labute approximate surface area is 121 Å². The molecule has 20 heavy (non-hydrogen) atoms. The van der Waals surface area contributed by atoms with E-state index in [0.717, 1.165) is 6.07 Å². The predicted molar refractivity (Wildman–Crippen MR) is 68.9 cm³/mol. The highest BCUT2D eigenvalue weighted by molar-refractivity contribution is 9.10. The molecule has 106 valence electrons. The average molecular weight is 347 g/mol. The molecule has 1 N–H and O–H groups in total. The Balaban J connectivity index is 2.57. The van der Waals surface area contributed by atoms with Gasteiger partial charge in [0, 0.05) is 6.07 Å². The second-order valence-electron chi connectivity index (χ2n) is 4.74. The molecule has 5 nitrogen and oxygen atoms in total. The second-order valence-corrected chi connectivity index (χ2v) is 5.60. The maximum Gasteiger partial charge on any atom is 0.335 e. The first kappa shape index (κ1) is 14.6. The summed E-state index contributed by atoms with van der Waals surface area (Å²) in [5.74, 6) is -3.61. The molecule has 0 aliphatic carbocycles. The first-order valence-electron chi connectivity index (χ1n) is 5.50. The fourth-order valence-electron chi connectivity index (χ4n) is 1.68. The summed E-state index contributed by atoms with van der Waals surface area (Å²) in [4.78, 5) is 36.0. The number of halogens is 3. The number of hydrogen-bond donors (Lipinski definition) is 1. The van der Waals surface area contributed by atoms with E-state index in [0.29, 0.717) is 11.0 Å². The molecule has 1 aliphatic rings. The molecule has 2 rings (SSSR count). The zero-order chi connectivity index (χ0) is 15.2. The Bertz CT molecular complexity index is 646. The largest absolute Gasteiger partial charge is 0.335 e. The predicted octanol–water partition coefficient (Wildman–Crippen LogP) is 2.34. The maximum absolute atomic E-state index is 13.8. The van der Waals surface area contributed by atoms with Crippen LogP contribution in [-0.2, 0) is 9.59 Å². The minimum absolute atomic E-state index is 0.107. The number of carbonyl (C=O) groups excluding carboxylic acids is 3. The number of benzene rings is 1. The van der Waals surface area contributed by atoms with Crippen molar-refractivity contribution in [3.05, 3.63) is 28.2 Å². The highest BCUT2D eigenvalue weighted by atomic mass is 79.9. The third-order valence-corrected chi connectivity index (χ3v) is 3.57. The zero-order valence-corrected chi connectivity index (χ0v) is 12.0. The molecule has 0 unspecified atom stereocenters. The van der Waals surface area contributed by atoms with E-state index < -0.39 is 40.6 Å². The summed E-state index contributed by atoms with van der Waals surface area (Å²) in [6, 6.07) is 0.439. The van der Waals surface area contributed by atoms with Gasteiger partial charge < -0.3 is 0 Å². The molecule has 1 fully saturated rings. The van der Waals surface area contributed by atoms with E-state index in [1.54, 1.807) is 0 Å². The standard InChI is InChI=1S/C12H9BrF2N2O3/c1-12(2)9(18)16-11(20)17(10(12)19)8-3-5(13)6(14)4-7(8)15/h3-4H,1-2H3,(H,16,18,20). The van der Waals surface area contributed by atoms with Gasteiger partial charge in [0.15, 0.2) is 0 Å². The number of rotatable bonds is 1. The van der Waals surface area contributed by atoms with Gasteiger partial charge in [0.1, 0.15) is 17.0 Å². The molecule has 1 aromatic rings. The molecule has 1 aromatic carbocycles. The summed E-state index contributed by atoms with van der Waals surface area (Å²) in [6.45, 7) is 2.61. The van der Waals surface area contributed by atoms with Crippen LogP contribution >= 0.6 is 15.9 Å². The van der Waals surface area contributed by atoms with Gasteiger partial charge in [0.05, 0.1) is 10.2 Å². The number of barbiturate groups is 1. The van der Waals surface area contributed by atoms with Gasteiger partial charge in [-0.25, -0.2) is 18.5 Å². The van der Waals surface area contributed by atoms with Crippen molar-refractivity contribution in [2.75, 3.05) is 4.90 Å². The molecule has 0 atom stereocenters. The van der Waals surface area contributed by atoms with E-state index in [9.17, 15) is 23.2 Å². The lowest BCUT2D eigenvalue weighted by Gasteiger charge is -2.34. The van der Waals surface area contributed by atoms with Crippen LogP contribution in [0.25, 0.3) is 0 Å². The van der Waals surface area contributed by atoms with Crippen LogP contribution in [0.4, 0.5) is 19.3 Å². The van der Waals surface area contributed by atoms with Gasteiger partial charge in [-0.1, -0.05) is 0 Å². The lowest BCUT2D eigenvalue weighted by molar-refractivity contribution is -0.140. The summed E-state index contributed by atoms with van der Waals surface area (Å²) < 4.78 is 26.9. The quantitative estimate of drug-likeness (QED) is 0.626. The van der Waals surface area contributed by atoms with E-state index in [2.05, 4.69) is 15.9 Å². The number of nitrogens with zero attached hydrogens (tertiary/aromatic N) is 1. The first-order valence-corrected chi connectivity index (χ1v) is 6.30. The molecule has 8 heteroatoms. The molecular formula is C12H9BrF2N2O3. The molecule has 0 aromatic heterocycles. The Morgan fingerprint density at radius 3 is 2.35 bits per heavy atom. The summed E-state index contributed by atoms with van der Waals surface area (Å²) in [5, 5.41) is 1.96. The van der Waals surface area contributed by atoms with Crippen molar-refractivity contribution >= 4 is 39.5 Å². The summed E-state index contributed by atoms with van der Waals surface area (Å²) in [6.07, 6.45) is 0. The van der Waals surface area contributed by atoms with Crippen LogP contribution < -0.4 is 10.2 Å². The molecule has 1 heterocycles. The van der Waals surface area contributed by atoms with Gasteiger partial charge in [-0.2, -0.15) is 0 Å². The molecule has 0 spiro atoms. The van der Waals surface area contributed by atoms with E-state index in [-0.39, 0.29) is 4.47 Å². The number of imide groups is 2. The Morgan fingerprint density at radius 1 is 1.15 bits per heavy atom. The number of nitrogens with one attached hydrogen (secondary N) is 1. The molecule has 4 amide bonds. The van der Waals surface area contributed by atoms with Crippen LogP contribution in [0, 0.1) is 17.0 Å². The maximum atomic E-state index is 13.8. The van der Waals surface area contributed by atoms with E-state index in [4.69, 9.17) is 0 Å². The van der Waals surface area contributed by atoms with Crippen molar-refractivity contribution in [2.24, 2.45) is 5.41 Å². The van der Waals surface area contributed by atoms with Crippen molar-refractivity contribution in [1.29, 1.82) is 0 Å². The Morgan fingerprint density at radius 2 is 1.75 bits per heavy atom. The molecule has 0 bridgehead atoms. The van der Waals surface area contributed by atoms with Gasteiger partial charge in [-0.3, -0.25) is 14.9 Å². The van der Waals surface area contributed by atoms with Crippen LogP contribution in [0.5, 0.6) is 0 Å². The minimum atomic E-state index is -1.53. The number of anilines is 1. The van der Waals surface area contributed by atoms with Crippen molar-refractivity contribution in [3.8, 4) is 0 Å². The van der Waals surface area contributed by atoms with Crippen LogP contribution in [0.3, 0.4) is 0 Å². The molecule has 0 saturated carbocycles. The van der Waals surface area contributed by atoms with Gasteiger partial charge >= 0.3 is 6.03 Å². The van der Waals surface area contributed by atoms with Crippen molar-refractivity contribution in [1.82, 2.24) is 5.32 Å². The average Bonchev–Trinajstić information content (AvgIpc) is 2.33. The van der Waals surface area contributed by atoms with Crippen molar-refractivity contribution < 1.29 is 23.2 Å². The van der Waals surface area contributed by atoms with Crippen molar-refractivity contribution in [3.63, 3.8) is 0 Å². The van der Waals surface area contributed by atoms with Crippen molar-refractivity contribution in [2.45, 2.75) is 13.8 Å². The minimum Gasteiger partial charge on any atom is -0.276 e.